The molecule has 0 saturated heterocycles. The fourth-order valence-electron chi connectivity index (χ4n) is 2.15. The van der Waals surface area contributed by atoms with Gasteiger partial charge in [-0.3, -0.25) is 4.79 Å². The van der Waals surface area contributed by atoms with Gasteiger partial charge in [-0.05, 0) is 31.4 Å². The normalized spacial score (nSPS) is 15.2. The van der Waals surface area contributed by atoms with Crippen LogP contribution in [0.2, 0.25) is 0 Å². The molecule has 1 aliphatic rings. The first kappa shape index (κ1) is 14.4. The van der Waals surface area contributed by atoms with E-state index in [2.05, 4.69) is 15.9 Å². The lowest BCUT2D eigenvalue weighted by Gasteiger charge is -2.37. The van der Waals surface area contributed by atoms with Crippen molar-refractivity contribution in [2.75, 3.05) is 13.2 Å². The molecule has 1 amide bonds. The number of carbonyl (C=O) groups is 1. The number of nitrogens with zero attached hydrogens (tertiary/aromatic N) is 1. The summed E-state index contributed by atoms with van der Waals surface area (Å²) in [6.45, 7) is -0.125. The molecule has 0 radical (unpaired) electrons. The average molecular weight is 334 g/mol. The average Bonchev–Trinajstić information content (AvgIpc) is 2.24. The molecule has 1 N–H and O–H groups in total. The molecule has 1 fully saturated rings. The van der Waals surface area contributed by atoms with Crippen molar-refractivity contribution in [2.24, 2.45) is 0 Å². The topological polar surface area (TPSA) is 40.5 Å². The molecule has 104 valence electrons. The summed E-state index contributed by atoms with van der Waals surface area (Å²) in [5.74, 6) is -2.47. The highest BCUT2D eigenvalue weighted by Gasteiger charge is 2.31. The molecule has 0 unspecified atom stereocenters. The lowest BCUT2D eigenvalue weighted by molar-refractivity contribution is 0.0516. The molecular formula is C13H14BrF2NO2. The van der Waals surface area contributed by atoms with Gasteiger partial charge in [-0.25, -0.2) is 8.78 Å². The van der Waals surface area contributed by atoms with Crippen LogP contribution < -0.4 is 0 Å². The van der Waals surface area contributed by atoms with Gasteiger partial charge < -0.3 is 10.0 Å². The van der Waals surface area contributed by atoms with Crippen LogP contribution in [-0.4, -0.2) is 35.1 Å². The molecule has 0 aliphatic heterocycles. The second-order valence-electron chi connectivity index (χ2n) is 4.55. The zero-order valence-electron chi connectivity index (χ0n) is 10.2. The van der Waals surface area contributed by atoms with Gasteiger partial charge in [0.05, 0.1) is 6.61 Å². The predicted octanol–water partition coefficient (Wildman–Crippen LogP) is 2.71. The number of hydrogen-bond acceptors (Lipinski definition) is 2. The molecule has 0 bridgehead atoms. The van der Waals surface area contributed by atoms with Gasteiger partial charge in [0.25, 0.3) is 5.91 Å². The van der Waals surface area contributed by atoms with Crippen molar-refractivity contribution < 1.29 is 18.7 Å². The number of benzene rings is 1. The van der Waals surface area contributed by atoms with Crippen molar-refractivity contribution in [3.05, 3.63) is 33.8 Å². The minimum Gasteiger partial charge on any atom is -0.395 e. The van der Waals surface area contributed by atoms with Crippen molar-refractivity contribution in [1.82, 2.24) is 4.90 Å². The van der Waals surface area contributed by atoms with Crippen molar-refractivity contribution in [2.45, 2.75) is 25.3 Å². The van der Waals surface area contributed by atoms with E-state index >= 15 is 0 Å². The van der Waals surface area contributed by atoms with Gasteiger partial charge in [-0.1, -0.05) is 15.9 Å². The number of hydrogen-bond donors (Lipinski definition) is 1. The third-order valence-corrected chi connectivity index (χ3v) is 3.80. The highest BCUT2D eigenvalue weighted by atomic mass is 79.9. The van der Waals surface area contributed by atoms with Gasteiger partial charge in [-0.15, -0.1) is 0 Å². The summed E-state index contributed by atoms with van der Waals surface area (Å²) >= 11 is 2.97. The van der Waals surface area contributed by atoms with Crippen LogP contribution in [0.3, 0.4) is 0 Å². The molecule has 0 heterocycles. The van der Waals surface area contributed by atoms with Crippen molar-refractivity contribution in [1.29, 1.82) is 0 Å². The van der Waals surface area contributed by atoms with E-state index in [0.29, 0.717) is 0 Å². The summed E-state index contributed by atoms with van der Waals surface area (Å²) in [5, 5.41) is 8.99. The Balaban J connectivity index is 2.31. The van der Waals surface area contributed by atoms with E-state index in [1.807, 2.05) is 0 Å². The second-order valence-corrected chi connectivity index (χ2v) is 5.47. The van der Waals surface area contributed by atoms with Gasteiger partial charge in [0.15, 0.2) is 0 Å². The van der Waals surface area contributed by atoms with E-state index in [1.54, 1.807) is 0 Å². The van der Waals surface area contributed by atoms with Crippen LogP contribution in [-0.2, 0) is 0 Å². The van der Waals surface area contributed by atoms with Crippen LogP contribution in [0.5, 0.6) is 0 Å². The van der Waals surface area contributed by atoms with Crippen molar-refractivity contribution >= 4 is 21.8 Å². The lowest BCUT2D eigenvalue weighted by atomic mass is 9.91. The number of aliphatic hydroxyl groups excluding tert-OH is 1. The monoisotopic (exact) mass is 333 g/mol. The minimum absolute atomic E-state index is 0.0258. The summed E-state index contributed by atoms with van der Waals surface area (Å²) in [4.78, 5) is 13.6. The Bertz CT molecular complexity index is 469. The molecule has 1 saturated carbocycles. The van der Waals surface area contributed by atoms with Crippen LogP contribution in [0.15, 0.2) is 16.6 Å². The number of carbonyl (C=O) groups excluding carboxylic acids is 1. The highest BCUT2D eigenvalue weighted by molar-refractivity contribution is 9.10. The van der Waals surface area contributed by atoms with Crippen LogP contribution in [0, 0.1) is 11.6 Å². The molecule has 2 rings (SSSR count). The molecule has 0 spiro atoms. The number of amides is 1. The van der Waals surface area contributed by atoms with E-state index < -0.39 is 23.1 Å². The molecule has 1 aromatic rings. The predicted molar refractivity (Wildman–Crippen MR) is 69.8 cm³/mol. The first-order chi connectivity index (χ1) is 9.04. The standard InChI is InChI=1S/C13H14BrF2NO2/c14-8-6-10(15)12(11(16)7-8)13(19)17(4-5-18)9-2-1-3-9/h6-7,9,18H,1-5H2. The van der Waals surface area contributed by atoms with Gasteiger partial charge in [0, 0.05) is 17.1 Å². The Morgan fingerprint density at radius 3 is 2.37 bits per heavy atom. The van der Waals surface area contributed by atoms with E-state index in [1.165, 1.54) is 4.90 Å². The quantitative estimate of drug-likeness (QED) is 0.920. The van der Waals surface area contributed by atoms with Gasteiger partial charge >= 0.3 is 0 Å². The third-order valence-electron chi connectivity index (χ3n) is 3.34. The van der Waals surface area contributed by atoms with Gasteiger partial charge in [0.2, 0.25) is 0 Å². The minimum atomic E-state index is -0.890. The molecule has 1 aromatic carbocycles. The Labute approximate surface area is 118 Å². The summed E-state index contributed by atoms with van der Waals surface area (Å²) < 4.78 is 27.8. The Kier molecular flexibility index (Phi) is 4.52. The number of halogens is 3. The van der Waals surface area contributed by atoms with Gasteiger partial charge in [-0.2, -0.15) is 0 Å². The van der Waals surface area contributed by atoms with E-state index in [9.17, 15) is 13.6 Å². The molecule has 6 heteroatoms. The molecular weight excluding hydrogens is 320 g/mol. The molecule has 0 aromatic heterocycles. The number of aliphatic hydroxyl groups is 1. The summed E-state index contributed by atoms with van der Waals surface area (Å²) in [6.07, 6.45) is 2.61. The second kappa shape index (κ2) is 5.96. The van der Waals surface area contributed by atoms with Crippen LogP contribution in [0.4, 0.5) is 8.78 Å². The van der Waals surface area contributed by atoms with Crippen molar-refractivity contribution in [3.63, 3.8) is 0 Å². The summed E-state index contributed by atoms with van der Waals surface area (Å²) in [5.41, 5.74) is -0.552. The van der Waals surface area contributed by atoms with Crippen LogP contribution in [0.25, 0.3) is 0 Å². The van der Waals surface area contributed by atoms with Gasteiger partial charge in [0.1, 0.15) is 17.2 Å². The van der Waals surface area contributed by atoms with Crippen LogP contribution >= 0.6 is 15.9 Å². The van der Waals surface area contributed by atoms with E-state index in [4.69, 9.17) is 5.11 Å². The maximum absolute atomic E-state index is 13.8. The smallest absolute Gasteiger partial charge is 0.260 e. The summed E-state index contributed by atoms with van der Waals surface area (Å²) in [7, 11) is 0. The van der Waals surface area contributed by atoms with E-state index in [0.717, 1.165) is 31.4 Å². The maximum atomic E-state index is 13.8. The van der Waals surface area contributed by atoms with E-state index in [-0.39, 0.29) is 23.7 Å². The van der Waals surface area contributed by atoms with Crippen LogP contribution in [0.1, 0.15) is 29.6 Å². The zero-order valence-corrected chi connectivity index (χ0v) is 11.8. The lowest BCUT2D eigenvalue weighted by Crippen LogP contribution is -2.46. The number of rotatable bonds is 4. The highest BCUT2D eigenvalue weighted by Crippen LogP contribution is 2.28. The summed E-state index contributed by atoms with van der Waals surface area (Å²) in [6, 6.07) is 2.10. The first-order valence-corrected chi connectivity index (χ1v) is 6.90. The fourth-order valence-corrected chi connectivity index (χ4v) is 2.55. The SMILES string of the molecule is O=C(c1c(F)cc(Br)cc1F)N(CCO)C1CCC1. The molecule has 0 atom stereocenters. The fraction of sp³-hybridized carbons (Fsp3) is 0.462. The Morgan fingerprint density at radius 2 is 1.95 bits per heavy atom. The molecule has 3 nitrogen and oxygen atoms in total. The zero-order chi connectivity index (χ0) is 14.0. The van der Waals surface area contributed by atoms with Crippen molar-refractivity contribution in [3.8, 4) is 0 Å². The Morgan fingerprint density at radius 1 is 1.37 bits per heavy atom. The first-order valence-electron chi connectivity index (χ1n) is 6.11. The largest absolute Gasteiger partial charge is 0.395 e. The Hall–Kier alpha value is -1.01. The molecule has 19 heavy (non-hydrogen) atoms. The third kappa shape index (κ3) is 2.95. The maximum Gasteiger partial charge on any atom is 0.260 e. The molecule has 1 aliphatic carbocycles.